The van der Waals surface area contributed by atoms with E-state index in [-0.39, 0.29) is 17.1 Å². The van der Waals surface area contributed by atoms with Gasteiger partial charge < -0.3 is 19.9 Å². The number of carboxylic acid groups (broad SMARTS) is 1. The highest BCUT2D eigenvalue weighted by Crippen LogP contribution is 2.30. The van der Waals surface area contributed by atoms with E-state index >= 15 is 0 Å². The minimum atomic E-state index is -3.01. The molecule has 0 aliphatic rings. The molecule has 0 saturated heterocycles. The number of aliphatic carboxylic acids is 1. The Hall–Kier alpha value is -3.16. The summed E-state index contributed by atoms with van der Waals surface area (Å²) < 4.78 is 34.0. The fourth-order valence-electron chi connectivity index (χ4n) is 2.30. The Labute approximate surface area is 154 Å². The number of amides is 1. The molecule has 6 nitrogen and oxygen atoms in total. The molecule has 0 aromatic heterocycles. The zero-order chi connectivity index (χ0) is 20.2. The average molecular weight is 379 g/mol. The minimum Gasteiger partial charge on any atom is -0.493 e. The molecule has 2 rings (SSSR count). The quantitative estimate of drug-likeness (QED) is 0.762. The van der Waals surface area contributed by atoms with E-state index in [1.165, 1.54) is 25.3 Å². The molecule has 2 aromatic rings. The van der Waals surface area contributed by atoms with Gasteiger partial charge in [-0.2, -0.15) is 8.78 Å². The molecule has 0 fully saturated rings. The van der Waals surface area contributed by atoms with Gasteiger partial charge in [-0.15, -0.1) is 0 Å². The van der Waals surface area contributed by atoms with E-state index in [2.05, 4.69) is 10.1 Å². The molecule has 144 valence electrons. The molecule has 0 radical (unpaired) electrons. The summed E-state index contributed by atoms with van der Waals surface area (Å²) in [5.41, 5.74) is 0.166. The van der Waals surface area contributed by atoms with E-state index in [9.17, 15) is 23.5 Å². The minimum absolute atomic E-state index is 0.00139. The van der Waals surface area contributed by atoms with Crippen LogP contribution in [0.3, 0.4) is 0 Å². The maximum absolute atomic E-state index is 12.4. The van der Waals surface area contributed by atoms with Crippen LogP contribution in [0.4, 0.5) is 14.5 Å². The first kappa shape index (κ1) is 20.2. The van der Waals surface area contributed by atoms with Gasteiger partial charge >= 0.3 is 12.6 Å². The lowest BCUT2D eigenvalue weighted by Gasteiger charge is -2.20. The van der Waals surface area contributed by atoms with Crippen molar-refractivity contribution in [1.82, 2.24) is 0 Å². The van der Waals surface area contributed by atoms with Gasteiger partial charge in [0, 0.05) is 11.3 Å². The largest absolute Gasteiger partial charge is 0.493 e. The molecule has 0 aliphatic heterocycles. The molecule has 2 N–H and O–H groups in total. The third-order valence-electron chi connectivity index (χ3n) is 4.04. The topological polar surface area (TPSA) is 84.9 Å². The van der Waals surface area contributed by atoms with Gasteiger partial charge in [0.15, 0.2) is 11.5 Å². The Morgan fingerprint density at radius 3 is 2.22 bits per heavy atom. The summed E-state index contributed by atoms with van der Waals surface area (Å²) in [5, 5.41) is 11.9. The van der Waals surface area contributed by atoms with Gasteiger partial charge in [-0.1, -0.05) is 12.1 Å². The number of anilines is 1. The molecule has 8 heteroatoms. The molecule has 0 saturated carbocycles. The number of carbonyl (C=O) groups is 2. The Morgan fingerprint density at radius 2 is 1.70 bits per heavy atom. The molecular formula is C19H19F2NO5. The van der Waals surface area contributed by atoms with Crippen LogP contribution in [0.25, 0.3) is 0 Å². The number of alkyl halides is 2. The second kappa shape index (κ2) is 8.03. The summed E-state index contributed by atoms with van der Waals surface area (Å²) in [4.78, 5) is 23.6. The van der Waals surface area contributed by atoms with Crippen molar-refractivity contribution >= 4 is 17.6 Å². The van der Waals surface area contributed by atoms with Crippen LogP contribution < -0.4 is 14.8 Å². The van der Waals surface area contributed by atoms with Gasteiger partial charge in [0.2, 0.25) is 0 Å². The SMILES string of the molecule is COc1cc(C(=O)Nc2ccc(C(C)(C)C(=O)O)cc2)ccc1OC(F)F. The van der Waals surface area contributed by atoms with Crippen LogP contribution in [0, 0.1) is 0 Å². The average Bonchev–Trinajstić information content (AvgIpc) is 2.61. The Bertz CT molecular complexity index is 834. The Morgan fingerprint density at radius 1 is 1.07 bits per heavy atom. The number of methoxy groups -OCH3 is 1. The number of rotatable bonds is 7. The van der Waals surface area contributed by atoms with Crippen LogP contribution in [-0.4, -0.2) is 30.7 Å². The molecule has 0 atom stereocenters. The summed E-state index contributed by atoms with van der Waals surface area (Å²) in [7, 11) is 1.28. The number of carboxylic acids is 1. The second-order valence-electron chi connectivity index (χ2n) is 6.21. The molecule has 1 amide bonds. The molecule has 27 heavy (non-hydrogen) atoms. The van der Waals surface area contributed by atoms with Crippen molar-refractivity contribution < 1.29 is 33.0 Å². The lowest BCUT2D eigenvalue weighted by molar-refractivity contribution is -0.142. The van der Waals surface area contributed by atoms with E-state index in [0.717, 1.165) is 0 Å². The van der Waals surface area contributed by atoms with E-state index in [4.69, 9.17) is 4.74 Å². The highest BCUT2D eigenvalue weighted by molar-refractivity contribution is 6.04. The first-order valence-corrected chi connectivity index (χ1v) is 7.93. The number of carbonyl (C=O) groups excluding carboxylic acids is 1. The lowest BCUT2D eigenvalue weighted by Crippen LogP contribution is -2.28. The molecule has 0 unspecified atom stereocenters. The first-order chi connectivity index (χ1) is 12.6. The van der Waals surface area contributed by atoms with Gasteiger partial charge in [-0.05, 0) is 49.7 Å². The molecule has 0 bridgehead atoms. The molecular weight excluding hydrogens is 360 g/mol. The van der Waals surface area contributed by atoms with Gasteiger partial charge in [-0.3, -0.25) is 9.59 Å². The summed E-state index contributed by atoms with van der Waals surface area (Å²) >= 11 is 0. The number of hydrogen-bond acceptors (Lipinski definition) is 4. The van der Waals surface area contributed by atoms with Gasteiger partial charge in [0.25, 0.3) is 5.91 Å². The summed E-state index contributed by atoms with van der Waals surface area (Å²) in [6, 6.07) is 10.2. The van der Waals surface area contributed by atoms with Crippen LogP contribution in [0.5, 0.6) is 11.5 Å². The third-order valence-corrected chi connectivity index (χ3v) is 4.04. The maximum atomic E-state index is 12.4. The number of halogens is 2. The monoisotopic (exact) mass is 379 g/mol. The van der Waals surface area contributed by atoms with Crippen molar-refractivity contribution in [2.75, 3.05) is 12.4 Å². The van der Waals surface area contributed by atoms with Crippen LogP contribution >= 0.6 is 0 Å². The van der Waals surface area contributed by atoms with Crippen LogP contribution in [0.15, 0.2) is 42.5 Å². The zero-order valence-corrected chi connectivity index (χ0v) is 15.0. The Balaban J connectivity index is 2.16. The first-order valence-electron chi connectivity index (χ1n) is 7.93. The predicted octanol–water partition coefficient (Wildman–Crippen LogP) is 3.91. The second-order valence-corrected chi connectivity index (χ2v) is 6.21. The summed E-state index contributed by atoms with van der Waals surface area (Å²) in [6.07, 6.45) is 0. The molecule has 0 aliphatic carbocycles. The third kappa shape index (κ3) is 4.72. The normalized spacial score (nSPS) is 11.2. The number of nitrogens with one attached hydrogen (secondary N) is 1. The summed E-state index contributed by atoms with van der Waals surface area (Å²) in [5.74, 6) is -1.62. The number of ether oxygens (including phenoxy) is 2. The van der Waals surface area contributed by atoms with Crippen molar-refractivity contribution in [2.45, 2.75) is 25.9 Å². The van der Waals surface area contributed by atoms with Crippen molar-refractivity contribution in [3.05, 3.63) is 53.6 Å². The molecule has 2 aromatic carbocycles. The van der Waals surface area contributed by atoms with Crippen molar-refractivity contribution in [1.29, 1.82) is 0 Å². The van der Waals surface area contributed by atoms with Crippen LogP contribution in [0.1, 0.15) is 29.8 Å². The fourth-order valence-corrected chi connectivity index (χ4v) is 2.30. The Kier molecular flexibility index (Phi) is 5.99. The predicted molar refractivity (Wildman–Crippen MR) is 94.7 cm³/mol. The van der Waals surface area contributed by atoms with E-state index < -0.39 is 23.9 Å². The van der Waals surface area contributed by atoms with E-state index in [0.29, 0.717) is 11.3 Å². The van der Waals surface area contributed by atoms with Gasteiger partial charge in [0.1, 0.15) is 0 Å². The van der Waals surface area contributed by atoms with Crippen molar-refractivity contribution in [3.63, 3.8) is 0 Å². The van der Waals surface area contributed by atoms with Crippen molar-refractivity contribution in [3.8, 4) is 11.5 Å². The molecule has 0 spiro atoms. The fraction of sp³-hybridized carbons (Fsp3) is 0.263. The lowest BCUT2D eigenvalue weighted by atomic mass is 9.85. The highest BCUT2D eigenvalue weighted by atomic mass is 19.3. The number of hydrogen-bond donors (Lipinski definition) is 2. The van der Waals surface area contributed by atoms with E-state index in [1.54, 1.807) is 38.1 Å². The van der Waals surface area contributed by atoms with Crippen LogP contribution in [-0.2, 0) is 10.2 Å². The van der Waals surface area contributed by atoms with Gasteiger partial charge in [0.05, 0.1) is 12.5 Å². The van der Waals surface area contributed by atoms with E-state index in [1.807, 2.05) is 0 Å². The highest BCUT2D eigenvalue weighted by Gasteiger charge is 2.29. The number of benzene rings is 2. The maximum Gasteiger partial charge on any atom is 0.387 e. The van der Waals surface area contributed by atoms with Crippen molar-refractivity contribution in [2.24, 2.45) is 0 Å². The summed E-state index contributed by atoms with van der Waals surface area (Å²) in [6.45, 7) is 0.156. The standard InChI is InChI=1S/C19H19F2NO5/c1-19(2,17(24)25)12-5-7-13(8-6-12)22-16(23)11-4-9-14(27-18(20)21)15(10-11)26-3/h4-10,18H,1-3H3,(H,22,23)(H,24,25). The molecule has 0 heterocycles. The van der Waals surface area contributed by atoms with Crippen LogP contribution in [0.2, 0.25) is 0 Å². The smallest absolute Gasteiger partial charge is 0.387 e. The zero-order valence-electron chi connectivity index (χ0n) is 15.0. The van der Waals surface area contributed by atoms with Gasteiger partial charge in [-0.25, -0.2) is 0 Å².